The van der Waals surface area contributed by atoms with Crippen molar-refractivity contribution >= 4 is 17.7 Å². The van der Waals surface area contributed by atoms with Crippen LogP contribution in [0.2, 0.25) is 0 Å². The predicted molar refractivity (Wildman–Crippen MR) is 90.1 cm³/mol. The highest BCUT2D eigenvalue weighted by atomic mass is 32.2. The van der Waals surface area contributed by atoms with Crippen LogP contribution in [0.5, 0.6) is 0 Å². The largest absolute Gasteiger partial charge is 0.350 e. The number of amides is 1. The molecule has 23 heavy (non-hydrogen) atoms. The van der Waals surface area contributed by atoms with Crippen LogP contribution in [-0.4, -0.2) is 28.4 Å². The third-order valence-corrected chi connectivity index (χ3v) is 5.03. The monoisotopic (exact) mass is 333 g/mol. The Morgan fingerprint density at radius 3 is 3.00 bits per heavy atom. The maximum Gasteiger partial charge on any atom is 0.272 e. The number of halogens is 1. The van der Waals surface area contributed by atoms with Gasteiger partial charge >= 0.3 is 0 Å². The molecule has 0 bridgehead atoms. The van der Waals surface area contributed by atoms with Gasteiger partial charge in [0.25, 0.3) is 5.91 Å². The molecule has 1 aliphatic rings. The molecule has 1 amide bonds. The molecule has 0 unspecified atom stereocenters. The molecule has 0 fully saturated rings. The second kappa shape index (κ2) is 7.64. The third kappa shape index (κ3) is 3.93. The molecule has 1 heterocycles. The van der Waals surface area contributed by atoms with E-state index < -0.39 is 0 Å². The Hall–Kier alpha value is -1.82. The number of nitrogens with one attached hydrogen (secondary N) is 2. The molecule has 122 valence electrons. The highest BCUT2D eigenvalue weighted by Gasteiger charge is 2.21. The van der Waals surface area contributed by atoms with E-state index >= 15 is 0 Å². The molecular formula is C17H20FN3OS. The first-order valence-electron chi connectivity index (χ1n) is 7.91. The number of carbonyl (C=O) groups excluding carboxylic acids is 1. The smallest absolute Gasteiger partial charge is 0.272 e. The number of H-pyrrole nitrogens is 1. The molecular weight excluding hydrogens is 313 g/mol. The molecule has 0 saturated heterocycles. The van der Waals surface area contributed by atoms with Gasteiger partial charge in [0.1, 0.15) is 5.82 Å². The maximum atomic E-state index is 13.5. The summed E-state index contributed by atoms with van der Waals surface area (Å²) in [6, 6.07) is 6.78. The van der Waals surface area contributed by atoms with Crippen molar-refractivity contribution in [1.82, 2.24) is 15.5 Å². The van der Waals surface area contributed by atoms with Gasteiger partial charge < -0.3 is 5.32 Å². The maximum absolute atomic E-state index is 13.5. The van der Waals surface area contributed by atoms with Crippen LogP contribution in [0, 0.1) is 5.82 Å². The molecule has 4 nitrogen and oxygen atoms in total. The Morgan fingerprint density at radius 1 is 1.30 bits per heavy atom. The SMILES string of the molecule is O=C(NCCSCc1ccccc1F)c1n[nH]c2c1CCCC2. The average molecular weight is 333 g/mol. The number of carbonyl (C=O) groups is 1. The standard InChI is InChI=1S/C17H20FN3OS/c18-14-7-3-1-5-12(14)11-23-10-9-19-17(22)16-13-6-2-4-8-15(13)20-21-16/h1,3,5,7H,2,4,6,8-11H2,(H,19,22)(H,20,21). The minimum atomic E-state index is -0.174. The minimum absolute atomic E-state index is 0.115. The zero-order valence-corrected chi connectivity index (χ0v) is 13.7. The zero-order valence-electron chi connectivity index (χ0n) is 12.9. The van der Waals surface area contributed by atoms with Gasteiger partial charge in [-0.05, 0) is 37.3 Å². The highest BCUT2D eigenvalue weighted by molar-refractivity contribution is 7.98. The lowest BCUT2D eigenvalue weighted by molar-refractivity contribution is 0.0950. The number of aromatic nitrogens is 2. The van der Waals surface area contributed by atoms with Gasteiger partial charge in [-0.25, -0.2) is 4.39 Å². The van der Waals surface area contributed by atoms with Gasteiger partial charge in [-0.3, -0.25) is 9.89 Å². The lowest BCUT2D eigenvalue weighted by Crippen LogP contribution is -2.27. The molecule has 1 aromatic heterocycles. The lowest BCUT2D eigenvalue weighted by atomic mass is 9.96. The van der Waals surface area contributed by atoms with Gasteiger partial charge in [-0.2, -0.15) is 16.9 Å². The molecule has 0 radical (unpaired) electrons. The Labute approximate surface area is 139 Å². The molecule has 1 aromatic carbocycles. The van der Waals surface area contributed by atoms with Gasteiger partial charge in [-0.15, -0.1) is 0 Å². The third-order valence-electron chi connectivity index (χ3n) is 4.02. The molecule has 6 heteroatoms. The Kier molecular flexibility index (Phi) is 5.33. The predicted octanol–water partition coefficient (Wildman–Crippen LogP) is 3.09. The van der Waals surface area contributed by atoms with Crippen molar-refractivity contribution in [1.29, 1.82) is 0 Å². The molecule has 2 aromatic rings. The Morgan fingerprint density at radius 2 is 2.13 bits per heavy atom. The van der Waals surface area contributed by atoms with E-state index in [9.17, 15) is 9.18 Å². The van der Waals surface area contributed by atoms with Gasteiger partial charge in [0.05, 0.1) is 0 Å². The van der Waals surface area contributed by atoms with Crippen molar-refractivity contribution in [3.8, 4) is 0 Å². The molecule has 3 rings (SSSR count). The fourth-order valence-electron chi connectivity index (χ4n) is 2.79. The molecule has 0 spiro atoms. The van der Waals surface area contributed by atoms with E-state index in [0.717, 1.165) is 42.7 Å². The van der Waals surface area contributed by atoms with E-state index in [4.69, 9.17) is 0 Å². The molecule has 0 atom stereocenters. The number of thioether (sulfide) groups is 1. The summed E-state index contributed by atoms with van der Waals surface area (Å²) >= 11 is 1.61. The van der Waals surface area contributed by atoms with E-state index in [1.807, 2.05) is 6.07 Å². The van der Waals surface area contributed by atoms with Crippen molar-refractivity contribution in [3.05, 3.63) is 52.6 Å². The van der Waals surface area contributed by atoms with Crippen molar-refractivity contribution in [2.45, 2.75) is 31.4 Å². The number of hydrogen-bond donors (Lipinski definition) is 2. The summed E-state index contributed by atoms with van der Waals surface area (Å²) in [5.74, 6) is 1.07. The van der Waals surface area contributed by atoms with Crippen LogP contribution in [-0.2, 0) is 18.6 Å². The van der Waals surface area contributed by atoms with Crippen LogP contribution < -0.4 is 5.32 Å². The van der Waals surface area contributed by atoms with E-state index in [1.54, 1.807) is 23.9 Å². The quantitative estimate of drug-likeness (QED) is 0.799. The number of fused-ring (bicyclic) bond motifs is 1. The van der Waals surface area contributed by atoms with E-state index in [0.29, 0.717) is 23.6 Å². The number of aryl methyl sites for hydroxylation is 1. The molecule has 0 saturated carbocycles. The van der Waals surface area contributed by atoms with Gasteiger partial charge in [-0.1, -0.05) is 18.2 Å². The Balaban J connectivity index is 1.43. The van der Waals surface area contributed by atoms with Crippen LogP contribution in [0.25, 0.3) is 0 Å². The number of rotatable bonds is 6. The lowest BCUT2D eigenvalue weighted by Gasteiger charge is -2.11. The van der Waals surface area contributed by atoms with Crippen LogP contribution in [0.4, 0.5) is 4.39 Å². The Bertz CT molecular complexity index is 686. The van der Waals surface area contributed by atoms with Crippen molar-refractivity contribution in [2.75, 3.05) is 12.3 Å². The summed E-state index contributed by atoms with van der Waals surface area (Å²) in [6.45, 7) is 0.555. The summed E-state index contributed by atoms with van der Waals surface area (Å²) in [5.41, 5.74) is 3.42. The molecule has 2 N–H and O–H groups in total. The summed E-state index contributed by atoms with van der Waals surface area (Å²) < 4.78 is 13.5. The van der Waals surface area contributed by atoms with Gasteiger partial charge in [0.15, 0.2) is 5.69 Å². The first-order valence-corrected chi connectivity index (χ1v) is 9.06. The fraction of sp³-hybridized carbons (Fsp3) is 0.412. The number of nitrogens with zero attached hydrogens (tertiary/aromatic N) is 1. The topological polar surface area (TPSA) is 57.8 Å². The fourth-order valence-corrected chi connectivity index (χ4v) is 3.63. The summed E-state index contributed by atoms with van der Waals surface area (Å²) in [5, 5.41) is 10.0. The van der Waals surface area contributed by atoms with Crippen LogP contribution in [0.1, 0.15) is 40.2 Å². The first-order chi connectivity index (χ1) is 11.3. The number of aromatic amines is 1. The zero-order chi connectivity index (χ0) is 16.1. The van der Waals surface area contributed by atoms with Gasteiger partial charge in [0, 0.05) is 29.3 Å². The van der Waals surface area contributed by atoms with Crippen LogP contribution in [0.15, 0.2) is 24.3 Å². The average Bonchev–Trinajstić information content (AvgIpc) is 3.00. The van der Waals surface area contributed by atoms with Crippen molar-refractivity contribution in [3.63, 3.8) is 0 Å². The molecule has 1 aliphatic carbocycles. The number of benzene rings is 1. The van der Waals surface area contributed by atoms with Crippen LogP contribution in [0.3, 0.4) is 0 Å². The normalized spacial score (nSPS) is 13.6. The second-order valence-electron chi connectivity index (χ2n) is 5.64. The van der Waals surface area contributed by atoms with E-state index in [1.165, 1.54) is 6.07 Å². The van der Waals surface area contributed by atoms with E-state index in [-0.39, 0.29) is 11.7 Å². The first kappa shape index (κ1) is 16.1. The number of hydrogen-bond acceptors (Lipinski definition) is 3. The van der Waals surface area contributed by atoms with Crippen molar-refractivity contribution < 1.29 is 9.18 Å². The second-order valence-corrected chi connectivity index (χ2v) is 6.74. The van der Waals surface area contributed by atoms with Gasteiger partial charge in [0.2, 0.25) is 0 Å². The van der Waals surface area contributed by atoms with Crippen LogP contribution >= 0.6 is 11.8 Å². The van der Waals surface area contributed by atoms with Crippen molar-refractivity contribution in [2.24, 2.45) is 0 Å². The summed E-state index contributed by atoms with van der Waals surface area (Å²) in [7, 11) is 0. The summed E-state index contributed by atoms with van der Waals surface area (Å²) in [6.07, 6.45) is 4.18. The van der Waals surface area contributed by atoms with E-state index in [2.05, 4.69) is 15.5 Å². The molecule has 0 aliphatic heterocycles. The minimum Gasteiger partial charge on any atom is -0.350 e. The summed E-state index contributed by atoms with van der Waals surface area (Å²) in [4.78, 5) is 12.2. The highest BCUT2D eigenvalue weighted by Crippen LogP contribution is 2.22.